The Balaban J connectivity index is 1.71. The van der Waals surface area contributed by atoms with Gasteiger partial charge in [-0.2, -0.15) is 0 Å². The van der Waals surface area contributed by atoms with Gasteiger partial charge in [-0.3, -0.25) is 10.1 Å². The van der Waals surface area contributed by atoms with Crippen molar-refractivity contribution < 1.29 is 9.66 Å². The summed E-state index contributed by atoms with van der Waals surface area (Å²) in [5.41, 5.74) is 0.801. The maximum atomic E-state index is 10.8. The topological polar surface area (TPSA) is 64.4 Å². The van der Waals surface area contributed by atoms with Crippen molar-refractivity contribution in [3.8, 4) is 0 Å². The molecule has 0 spiro atoms. The second-order valence-corrected chi connectivity index (χ2v) is 5.40. The highest BCUT2D eigenvalue weighted by Crippen LogP contribution is 2.25. The van der Waals surface area contributed by atoms with Crippen LogP contribution >= 0.6 is 11.6 Å². The fraction of sp³-hybridized carbons (Fsp3) is 0.571. The molecule has 0 aliphatic heterocycles. The first-order valence-electron chi connectivity index (χ1n) is 6.92. The Morgan fingerprint density at radius 2 is 2.15 bits per heavy atom. The van der Waals surface area contributed by atoms with E-state index in [1.807, 2.05) is 0 Å². The molecule has 2 rings (SSSR count). The lowest BCUT2D eigenvalue weighted by Gasteiger charge is -2.11. The molecule has 1 aromatic carbocycles. The van der Waals surface area contributed by atoms with Gasteiger partial charge >= 0.3 is 0 Å². The minimum atomic E-state index is -0.463. The molecule has 1 saturated carbocycles. The molecule has 5 nitrogen and oxygen atoms in total. The quantitative estimate of drug-likeness (QED) is 0.476. The fourth-order valence-corrected chi connectivity index (χ4v) is 2.58. The number of ether oxygens (including phenoxy) is 1. The highest BCUT2D eigenvalue weighted by Gasteiger charge is 2.15. The number of nitro benzene ring substituents is 1. The molecule has 0 bridgehead atoms. The van der Waals surface area contributed by atoms with Crippen LogP contribution in [0.3, 0.4) is 0 Å². The standard InChI is InChI=1S/C14H19ClN2O3/c15-13-6-5-11(9-14(13)17(18)19)10-16-7-8-20-12-3-1-2-4-12/h5-6,9,12,16H,1-4,7-8,10H2. The van der Waals surface area contributed by atoms with Gasteiger partial charge in [-0.25, -0.2) is 0 Å². The van der Waals surface area contributed by atoms with Gasteiger partial charge in [-0.05, 0) is 24.5 Å². The van der Waals surface area contributed by atoms with Crippen molar-refractivity contribution >= 4 is 17.3 Å². The molecule has 20 heavy (non-hydrogen) atoms. The summed E-state index contributed by atoms with van der Waals surface area (Å²) in [6, 6.07) is 4.86. The molecule has 0 atom stereocenters. The van der Waals surface area contributed by atoms with E-state index in [9.17, 15) is 10.1 Å². The molecule has 0 heterocycles. The lowest BCUT2D eigenvalue weighted by atomic mass is 10.2. The molecule has 1 aromatic rings. The average Bonchev–Trinajstić information content (AvgIpc) is 2.93. The Morgan fingerprint density at radius 1 is 1.40 bits per heavy atom. The summed E-state index contributed by atoms with van der Waals surface area (Å²) in [4.78, 5) is 10.3. The van der Waals surface area contributed by atoms with E-state index >= 15 is 0 Å². The number of halogens is 1. The summed E-state index contributed by atoms with van der Waals surface area (Å²) < 4.78 is 5.73. The number of hydrogen-bond acceptors (Lipinski definition) is 4. The summed E-state index contributed by atoms with van der Waals surface area (Å²) in [5, 5.41) is 14.2. The zero-order chi connectivity index (χ0) is 14.4. The largest absolute Gasteiger partial charge is 0.377 e. The zero-order valence-electron chi connectivity index (χ0n) is 11.3. The maximum absolute atomic E-state index is 10.8. The van der Waals surface area contributed by atoms with Gasteiger partial charge in [0.1, 0.15) is 5.02 Å². The third-order valence-electron chi connectivity index (χ3n) is 3.47. The second-order valence-electron chi connectivity index (χ2n) is 5.00. The monoisotopic (exact) mass is 298 g/mol. The van der Waals surface area contributed by atoms with Gasteiger partial charge in [0, 0.05) is 19.2 Å². The van der Waals surface area contributed by atoms with Crippen LogP contribution < -0.4 is 5.32 Å². The molecular formula is C14H19ClN2O3. The van der Waals surface area contributed by atoms with E-state index in [0.717, 1.165) is 12.1 Å². The zero-order valence-corrected chi connectivity index (χ0v) is 12.1. The smallest absolute Gasteiger partial charge is 0.288 e. The van der Waals surface area contributed by atoms with Crippen LogP contribution in [0.15, 0.2) is 18.2 Å². The molecular weight excluding hydrogens is 280 g/mol. The van der Waals surface area contributed by atoms with Gasteiger partial charge in [-0.1, -0.05) is 30.5 Å². The van der Waals surface area contributed by atoms with Crippen molar-refractivity contribution in [2.45, 2.75) is 38.3 Å². The SMILES string of the molecule is O=[N+]([O-])c1cc(CNCCOC2CCCC2)ccc1Cl. The number of nitro groups is 1. The van der Waals surface area contributed by atoms with Crippen LogP contribution in [0, 0.1) is 10.1 Å². The van der Waals surface area contributed by atoms with Gasteiger partial charge in [0.2, 0.25) is 0 Å². The number of benzene rings is 1. The molecule has 1 aliphatic rings. The van der Waals surface area contributed by atoms with Crippen molar-refractivity contribution in [2.75, 3.05) is 13.2 Å². The lowest BCUT2D eigenvalue weighted by Crippen LogP contribution is -2.21. The first kappa shape index (κ1) is 15.2. The highest BCUT2D eigenvalue weighted by molar-refractivity contribution is 6.32. The van der Waals surface area contributed by atoms with Crippen LogP contribution in [0.25, 0.3) is 0 Å². The Hall–Kier alpha value is -1.17. The van der Waals surface area contributed by atoms with Crippen LogP contribution in [0.1, 0.15) is 31.2 Å². The molecule has 0 saturated heterocycles. The minimum Gasteiger partial charge on any atom is -0.377 e. The number of nitrogens with zero attached hydrogens (tertiary/aromatic N) is 1. The van der Waals surface area contributed by atoms with Crippen molar-refractivity contribution in [1.82, 2.24) is 5.32 Å². The lowest BCUT2D eigenvalue weighted by molar-refractivity contribution is -0.384. The van der Waals surface area contributed by atoms with E-state index in [0.29, 0.717) is 19.3 Å². The highest BCUT2D eigenvalue weighted by atomic mass is 35.5. The Labute approximate surface area is 123 Å². The van der Waals surface area contributed by atoms with Gasteiger partial charge in [-0.15, -0.1) is 0 Å². The predicted molar refractivity (Wildman–Crippen MR) is 78.0 cm³/mol. The van der Waals surface area contributed by atoms with E-state index in [2.05, 4.69) is 5.32 Å². The van der Waals surface area contributed by atoms with Crippen molar-refractivity contribution in [3.63, 3.8) is 0 Å². The summed E-state index contributed by atoms with van der Waals surface area (Å²) in [5.74, 6) is 0. The number of hydrogen-bond donors (Lipinski definition) is 1. The van der Waals surface area contributed by atoms with E-state index in [1.165, 1.54) is 31.7 Å². The van der Waals surface area contributed by atoms with Crippen LogP contribution in [0.4, 0.5) is 5.69 Å². The van der Waals surface area contributed by atoms with Crippen molar-refractivity contribution in [1.29, 1.82) is 0 Å². The van der Waals surface area contributed by atoms with E-state index < -0.39 is 4.92 Å². The second kappa shape index (κ2) is 7.57. The minimum absolute atomic E-state index is 0.0480. The van der Waals surface area contributed by atoms with Crippen LogP contribution in [-0.2, 0) is 11.3 Å². The summed E-state index contributed by atoms with van der Waals surface area (Å²) in [6.07, 6.45) is 5.31. The van der Waals surface area contributed by atoms with Crippen molar-refractivity contribution in [3.05, 3.63) is 38.9 Å². The van der Waals surface area contributed by atoms with Crippen molar-refractivity contribution in [2.24, 2.45) is 0 Å². The molecule has 0 amide bonds. The van der Waals surface area contributed by atoms with Crippen LogP contribution in [0.2, 0.25) is 5.02 Å². The molecule has 110 valence electrons. The third-order valence-corrected chi connectivity index (χ3v) is 3.79. The number of nitrogens with one attached hydrogen (secondary N) is 1. The first-order chi connectivity index (χ1) is 9.66. The normalized spacial score (nSPS) is 15.7. The predicted octanol–water partition coefficient (Wildman–Crippen LogP) is 3.30. The summed E-state index contributed by atoms with van der Waals surface area (Å²) in [6.45, 7) is 2.00. The Bertz CT molecular complexity index is 462. The molecule has 1 aliphatic carbocycles. The summed E-state index contributed by atoms with van der Waals surface area (Å²) >= 11 is 5.77. The average molecular weight is 299 g/mol. The van der Waals surface area contributed by atoms with E-state index in [-0.39, 0.29) is 10.7 Å². The Morgan fingerprint density at radius 3 is 2.85 bits per heavy atom. The van der Waals surface area contributed by atoms with Crippen LogP contribution in [-0.4, -0.2) is 24.2 Å². The van der Waals surface area contributed by atoms with Gasteiger partial charge in [0.05, 0.1) is 17.6 Å². The van der Waals surface area contributed by atoms with Gasteiger partial charge < -0.3 is 10.1 Å². The third kappa shape index (κ3) is 4.44. The summed E-state index contributed by atoms with van der Waals surface area (Å²) in [7, 11) is 0. The fourth-order valence-electron chi connectivity index (χ4n) is 2.39. The Kier molecular flexibility index (Phi) is 5.76. The van der Waals surface area contributed by atoms with E-state index in [4.69, 9.17) is 16.3 Å². The van der Waals surface area contributed by atoms with E-state index in [1.54, 1.807) is 12.1 Å². The molecule has 6 heteroatoms. The molecule has 0 radical (unpaired) electrons. The van der Waals surface area contributed by atoms with Crippen LogP contribution in [0.5, 0.6) is 0 Å². The first-order valence-corrected chi connectivity index (χ1v) is 7.30. The molecule has 0 unspecified atom stereocenters. The molecule has 1 fully saturated rings. The van der Waals surface area contributed by atoms with Gasteiger partial charge in [0.15, 0.2) is 0 Å². The maximum Gasteiger partial charge on any atom is 0.288 e. The molecule has 0 aromatic heterocycles. The molecule has 1 N–H and O–H groups in total. The van der Waals surface area contributed by atoms with Gasteiger partial charge in [0.25, 0.3) is 5.69 Å². The number of rotatable bonds is 7.